The Morgan fingerprint density at radius 3 is 2.24 bits per heavy atom. The molecule has 1 unspecified atom stereocenters. The van der Waals surface area contributed by atoms with E-state index < -0.39 is 16.1 Å². The Bertz CT molecular complexity index is 957. The molecule has 3 rings (SSSR count). The van der Waals surface area contributed by atoms with Gasteiger partial charge in [0.25, 0.3) is 10.0 Å². The Kier molecular flexibility index (Phi) is 4.65. The van der Waals surface area contributed by atoms with Crippen molar-refractivity contribution in [1.29, 1.82) is 0 Å². The lowest BCUT2D eigenvalue weighted by Crippen LogP contribution is -2.17. The highest BCUT2D eigenvalue weighted by Crippen LogP contribution is 2.27. The number of aryl methyl sites for hydroxylation is 1. The third-order valence-electron chi connectivity index (χ3n) is 4.03. The third-order valence-corrected chi connectivity index (χ3v) is 5.75. The van der Waals surface area contributed by atoms with Crippen molar-refractivity contribution in [3.63, 3.8) is 0 Å². The third kappa shape index (κ3) is 3.31. The summed E-state index contributed by atoms with van der Waals surface area (Å²) in [5.41, 5.74) is 1.84. The predicted molar refractivity (Wildman–Crippen MR) is 95.3 cm³/mol. The molecule has 0 aliphatic carbocycles. The second-order valence-corrected chi connectivity index (χ2v) is 7.54. The highest BCUT2D eigenvalue weighted by atomic mass is 32.2. The van der Waals surface area contributed by atoms with E-state index in [0.29, 0.717) is 11.3 Å². The molecule has 1 heterocycles. The second-order valence-electron chi connectivity index (χ2n) is 5.72. The maximum atomic E-state index is 12.9. The molecule has 0 fully saturated rings. The Morgan fingerprint density at radius 2 is 1.64 bits per heavy atom. The molecule has 0 bridgehead atoms. The van der Waals surface area contributed by atoms with E-state index in [0.717, 1.165) is 9.54 Å². The van der Waals surface area contributed by atoms with Crippen molar-refractivity contribution in [1.82, 2.24) is 3.97 Å². The van der Waals surface area contributed by atoms with Crippen molar-refractivity contribution in [2.45, 2.75) is 17.9 Å². The van der Waals surface area contributed by atoms with Crippen LogP contribution in [0.2, 0.25) is 0 Å². The van der Waals surface area contributed by atoms with Crippen molar-refractivity contribution in [3.8, 4) is 5.75 Å². The van der Waals surface area contributed by atoms with E-state index in [9.17, 15) is 13.5 Å². The lowest BCUT2D eigenvalue weighted by molar-refractivity contribution is 0.214. The minimum Gasteiger partial charge on any atom is -0.497 e. The van der Waals surface area contributed by atoms with Gasteiger partial charge in [-0.25, -0.2) is 12.4 Å². The molecule has 2 aromatic carbocycles. The van der Waals surface area contributed by atoms with E-state index in [2.05, 4.69) is 0 Å². The van der Waals surface area contributed by atoms with Crippen molar-refractivity contribution in [2.24, 2.45) is 0 Å². The molecular weight excluding hydrogens is 338 g/mol. The normalized spacial score (nSPS) is 12.8. The average molecular weight is 357 g/mol. The fraction of sp³-hybridized carbons (Fsp3) is 0.158. The van der Waals surface area contributed by atoms with Crippen molar-refractivity contribution in [2.75, 3.05) is 7.11 Å². The summed E-state index contributed by atoms with van der Waals surface area (Å²) in [7, 11) is -2.22. The SMILES string of the molecule is COc1ccc(C(O)c2cccn2S(=O)(=O)c2ccc(C)cc2)cc1. The Balaban J connectivity index is 2.00. The Morgan fingerprint density at radius 1 is 1.00 bits per heavy atom. The van der Waals surface area contributed by atoms with E-state index in [1.165, 1.54) is 6.20 Å². The fourth-order valence-corrected chi connectivity index (χ4v) is 3.97. The molecule has 25 heavy (non-hydrogen) atoms. The first kappa shape index (κ1) is 17.3. The van der Waals surface area contributed by atoms with Crippen molar-refractivity contribution >= 4 is 10.0 Å². The van der Waals surface area contributed by atoms with Crippen LogP contribution in [-0.2, 0) is 10.0 Å². The number of aromatic nitrogens is 1. The predicted octanol–water partition coefficient (Wildman–Crippen LogP) is 3.12. The molecule has 0 spiro atoms. The molecule has 1 aromatic heterocycles. The summed E-state index contributed by atoms with van der Waals surface area (Å²) in [4.78, 5) is 0.178. The first-order valence-electron chi connectivity index (χ1n) is 7.75. The topological polar surface area (TPSA) is 68.5 Å². The van der Waals surface area contributed by atoms with E-state index >= 15 is 0 Å². The van der Waals surface area contributed by atoms with Crippen LogP contribution in [0.5, 0.6) is 5.75 Å². The Labute approximate surface area is 147 Å². The van der Waals surface area contributed by atoms with Gasteiger partial charge < -0.3 is 9.84 Å². The van der Waals surface area contributed by atoms with Gasteiger partial charge in [0.15, 0.2) is 0 Å². The molecule has 0 aliphatic heterocycles. The number of methoxy groups -OCH3 is 1. The summed E-state index contributed by atoms with van der Waals surface area (Å²) in [6.45, 7) is 1.89. The van der Waals surface area contributed by atoms with Crippen molar-refractivity contribution in [3.05, 3.63) is 83.7 Å². The highest BCUT2D eigenvalue weighted by molar-refractivity contribution is 7.90. The van der Waals surface area contributed by atoms with Gasteiger partial charge in [-0.15, -0.1) is 0 Å². The van der Waals surface area contributed by atoms with Crippen molar-refractivity contribution < 1.29 is 18.3 Å². The second kappa shape index (κ2) is 6.74. The maximum absolute atomic E-state index is 12.9. The van der Waals surface area contributed by atoms with Crippen LogP contribution in [0, 0.1) is 6.92 Å². The molecule has 3 aromatic rings. The van der Waals surface area contributed by atoms with Gasteiger partial charge >= 0.3 is 0 Å². The van der Waals surface area contributed by atoms with Gasteiger partial charge in [0.1, 0.15) is 11.9 Å². The van der Waals surface area contributed by atoms with Crippen LogP contribution >= 0.6 is 0 Å². The van der Waals surface area contributed by atoms with Gasteiger partial charge in [-0.2, -0.15) is 0 Å². The summed E-state index contributed by atoms with van der Waals surface area (Å²) in [6, 6.07) is 16.7. The monoisotopic (exact) mass is 357 g/mol. The minimum absolute atomic E-state index is 0.178. The zero-order chi connectivity index (χ0) is 18.0. The highest BCUT2D eigenvalue weighted by Gasteiger charge is 2.23. The minimum atomic E-state index is -3.78. The van der Waals surface area contributed by atoms with Crippen LogP contribution < -0.4 is 4.74 Å². The first-order valence-corrected chi connectivity index (χ1v) is 9.19. The summed E-state index contributed by atoms with van der Waals surface area (Å²) in [6.07, 6.45) is 0.373. The van der Waals surface area contributed by atoms with Crippen LogP contribution in [0.3, 0.4) is 0 Å². The van der Waals surface area contributed by atoms with E-state index in [4.69, 9.17) is 4.74 Å². The van der Waals surface area contributed by atoms with Gasteiger partial charge in [0.05, 0.1) is 17.7 Å². The molecule has 1 N–H and O–H groups in total. The summed E-state index contributed by atoms with van der Waals surface area (Å²) in [5.74, 6) is 0.665. The number of nitrogens with zero attached hydrogens (tertiary/aromatic N) is 1. The van der Waals surface area contributed by atoms with Crippen LogP contribution in [0.25, 0.3) is 0 Å². The fourth-order valence-electron chi connectivity index (χ4n) is 2.59. The van der Waals surface area contributed by atoms with E-state index in [1.54, 1.807) is 67.8 Å². The number of benzene rings is 2. The van der Waals surface area contributed by atoms with E-state index in [1.807, 2.05) is 6.92 Å². The van der Waals surface area contributed by atoms with Crippen LogP contribution in [0.15, 0.2) is 71.8 Å². The number of aliphatic hydroxyl groups is 1. The smallest absolute Gasteiger partial charge is 0.267 e. The molecule has 1 atom stereocenters. The summed E-state index contributed by atoms with van der Waals surface area (Å²) >= 11 is 0. The number of rotatable bonds is 5. The number of aliphatic hydroxyl groups excluding tert-OH is 1. The van der Waals surface area contributed by atoms with Crippen LogP contribution in [0.4, 0.5) is 0 Å². The number of ether oxygens (including phenoxy) is 1. The Hall–Kier alpha value is -2.57. The molecule has 0 saturated heterocycles. The molecule has 6 heteroatoms. The van der Waals surface area contributed by atoms with Gasteiger partial charge in [-0.05, 0) is 48.9 Å². The maximum Gasteiger partial charge on any atom is 0.267 e. The first-order chi connectivity index (χ1) is 11.9. The van der Waals surface area contributed by atoms with E-state index in [-0.39, 0.29) is 10.6 Å². The summed E-state index contributed by atoms with van der Waals surface area (Å²) in [5, 5.41) is 10.7. The van der Waals surface area contributed by atoms with Gasteiger partial charge in [-0.1, -0.05) is 29.8 Å². The van der Waals surface area contributed by atoms with Gasteiger partial charge in [0.2, 0.25) is 0 Å². The van der Waals surface area contributed by atoms with Gasteiger partial charge in [-0.3, -0.25) is 0 Å². The lowest BCUT2D eigenvalue weighted by Gasteiger charge is -2.16. The molecule has 130 valence electrons. The lowest BCUT2D eigenvalue weighted by atomic mass is 10.1. The van der Waals surface area contributed by atoms with Crippen LogP contribution in [0.1, 0.15) is 22.9 Å². The zero-order valence-electron chi connectivity index (χ0n) is 14.0. The standard InChI is InChI=1S/C19H19NO4S/c1-14-5-11-17(12-6-14)25(22,23)20-13-3-4-18(20)19(21)15-7-9-16(24-2)10-8-15/h3-13,19,21H,1-2H3. The average Bonchev–Trinajstić information content (AvgIpc) is 3.12. The van der Waals surface area contributed by atoms with Gasteiger partial charge in [0, 0.05) is 6.20 Å². The largest absolute Gasteiger partial charge is 0.497 e. The molecule has 0 radical (unpaired) electrons. The molecule has 0 amide bonds. The molecule has 0 aliphatic rings. The zero-order valence-corrected chi connectivity index (χ0v) is 14.8. The number of hydrogen-bond donors (Lipinski definition) is 1. The quantitative estimate of drug-likeness (QED) is 0.762. The molecular formula is C19H19NO4S. The molecule has 0 saturated carbocycles. The summed E-state index contributed by atoms with van der Waals surface area (Å²) < 4.78 is 32.0. The molecule has 5 nitrogen and oxygen atoms in total. The number of hydrogen-bond acceptors (Lipinski definition) is 4. The van der Waals surface area contributed by atoms with Crippen LogP contribution in [-0.4, -0.2) is 24.6 Å².